The van der Waals surface area contributed by atoms with Gasteiger partial charge in [-0.15, -0.1) is 0 Å². The van der Waals surface area contributed by atoms with E-state index in [9.17, 15) is 4.79 Å². The first kappa shape index (κ1) is 15.1. The minimum Gasteiger partial charge on any atom is -0.460 e. The lowest BCUT2D eigenvalue weighted by Gasteiger charge is -2.27. The Hall–Kier alpha value is -2.44. The summed E-state index contributed by atoms with van der Waals surface area (Å²) in [7, 11) is -1.38. The maximum atomic E-state index is 13.2. The molecule has 4 rings (SSSR count). The van der Waals surface area contributed by atoms with Crippen molar-refractivity contribution in [2.24, 2.45) is 0 Å². The Morgan fingerprint density at radius 1 is 0.833 bits per heavy atom. The van der Waals surface area contributed by atoms with Crippen LogP contribution in [0.1, 0.15) is 21.5 Å². The summed E-state index contributed by atoms with van der Waals surface area (Å²) in [5, 5.41) is 0.996. The number of carbonyl (C=O) groups is 1. The molecule has 1 atom stereocenters. The van der Waals surface area contributed by atoms with E-state index in [0.29, 0.717) is 0 Å². The summed E-state index contributed by atoms with van der Waals surface area (Å²) in [5.41, 5.74) is 5.15. The fraction of sp³-hybridized carbons (Fsp3) is 0.0952. The Balaban J connectivity index is 1.83. The van der Waals surface area contributed by atoms with E-state index >= 15 is 0 Å². The molecule has 3 aromatic rings. The zero-order chi connectivity index (χ0) is 16.7. The van der Waals surface area contributed by atoms with Crippen LogP contribution in [0.4, 0.5) is 0 Å². The van der Waals surface area contributed by atoms with E-state index < -0.39 is 8.15 Å². The van der Waals surface area contributed by atoms with E-state index in [1.54, 1.807) is 0 Å². The van der Waals surface area contributed by atoms with Gasteiger partial charge in [-0.25, -0.2) is 0 Å². The Kier molecular flexibility index (Phi) is 3.70. The lowest BCUT2D eigenvalue weighted by molar-refractivity contribution is 0.107. The lowest BCUT2D eigenvalue weighted by Crippen LogP contribution is -2.19. The number of benzene rings is 3. The van der Waals surface area contributed by atoms with E-state index in [1.165, 1.54) is 0 Å². The number of hydrogen-bond donors (Lipinski definition) is 0. The number of para-hydroxylation sites is 1. The molecular weight excluding hydrogens is 315 g/mol. The maximum Gasteiger partial charge on any atom is 0.228 e. The van der Waals surface area contributed by atoms with Crippen molar-refractivity contribution in [3.63, 3.8) is 0 Å². The highest BCUT2D eigenvalue weighted by atomic mass is 31.1. The highest BCUT2D eigenvalue weighted by Crippen LogP contribution is 2.50. The maximum absolute atomic E-state index is 13.2. The van der Waals surface area contributed by atoms with Crippen LogP contribution in [0.2, 0.25) is 0 Å². The number of rotatable bonds is 2. The first-order valence-corrected chi connectivity index (χ1v) is 9.18. The summed E-state index contributed by atoms with van der Waals surface area (Å²) < 4.78 is 6.17. The van der Waals surface area contributed by atoms with Crippen LogP contribution in [-0.2, 0) is 0 Å². The molecule has 3 aromatic carbocycles. The fourth-order valence-corrected chi connectivity index (χ4v) is 4.92. The van der Waals surface area contributed by atoms with Crippen molar-refractivity contribution in [2.45, 2.75) is 13.8 Å². The predicted octanol–water partition coefficient (Wildman–Crippen LogP) is 5.23. The summed E-state index contributed by atoms with van der Waals surface area (Å²) >= 11 is 0. The van der Waals surface area contributed by atoms with Crippen molar-refractivity contribution in [3.05, 3.63) is 83.4 Å². The minimum atomic E-state index is -1.38. The van der Waals surface area contributed by atoms with Gasteiger partial charge in [0, 0.05) is 16.4 Å². The third-order valence-electron chi connectivity index (χ3n) is 4.14. The van der Waals surface area contributed by atoms with Gasteiger partial charge in [0.25, 0.3) is 0 Å². The van der Waals surface area contributed by atoms with Crippen LogP contribution >= 0.6 is 8.15 Å². The van der Waals surface area contributed by atoms with E-state index in [4.69, 9.17) is 4.52 Å². The van der Waals surface area contributed by atoms with Gasteiger partial charge in [-0.1, -0.05) is 59.7 Å². The van der Waals surface area contributed by atoms with Gasteiger partial charge in [0.2, 0.25) is 5.52 Å². The van der Waals surface area contributed by atoms with Gasteiger partial charge in [0.15, 0.2) is 8.15 Å². The number of carbonyl (C=O) groups excluding carboxylic acids is 1. The van der Waals surface area contributed by atoms with Gasteiger partial charge < -0.3 is 4.52 Å². The van der Waals surface area contributed by atoms with Crippen LogP contribution in [0.3, 0.4) is 0 Å². The Morgan fingerprint density at radius 3 is 2.21 bits per heavy atom. The molecule has 0 amide bonds. The summed E-state index contributed by atoms with van der Waals surface area (Å²) in [6, 6.07) is 22.0. The molecule has 0 saturated carbocycles. The van der Waals surface area contributed by atoms with Crippen molar-refractivity contribution < 1.29 is 9.32 Å². The molecule has 0 aliphatic carbocycles. The average Bonchev–Trinajstić information content (AvgIpc) is 2.59. The van der Waals surface area contributed by atoms with Crippen molar-refractivity contribution in [1.82, 2.24) is 0 Å². The molecule has 1 aliphatic rings. The van der Waals surface area contributed by atoms with Crippen molar-refractivity contribution in [3.8, 4) is 16.9 Å². The molecule has 0 bridgehead atoms. The van der Waals surface area contributed by atoms with Gasteiger partial charge in [0.05, 0.1) is 0 Å². The monoisotopic (exact) mass is 332 g/mol. The molecule has 24 heavy (non-hydrogen) atoms. The van der Waals surface area contributed by atoms with Gasteiger partial charge in [-0.2, -0.15) is 0 Å². The molecule has 0 fully saturated rings. The molecule has 0 aromatic heterocycles. The average molecular weight is 332 g/mol. The normalized spacial score (nSPS) is 15.2. The summed E-state index contributed by atoms with van der Waals surface area (Å²) in [4.78, 5) is 13.2. The van der Waals surface area contributed by atoms with Crippen LogP contribution in [0.25, 0.3) is 11.1 Å². The van der Waals surface area contributed by atoms with Gasteiger partial charge in [-0.05, 0) is 37.6 Å². The fourth-order valence-electron chi connectivity index (χ4n) is 3.16. The molecular formula is C21H17O2P. The van der Waals surface area contributed by atoms with Crippen molar-refractivity contribution in [2.75, 3.05) is 0 Å². The second-order valence-electron chi connectivity index (χ2n) is 6.08. The van der Waals surface area contributed by atoms with Gasteiger partial charge in [-0.3, -0.25) is 4.79 Å². The smallest absolute Gasteiger partial charge is 0.228 e. The molecule has 2 nitrogen and oxygen atoms in total. The molecule has 1 aliphatic heterocycles. The third kappa shape index (κ3) is 2.53. The molecule has 0 spiro atoms. The minimum absolute atomic E-state index is 0.0683. The summed E-state index contributed by atoms with van der Waals surface area (Å²) in [6.45, 7) is 4.03. The first-order valence-electron chi connectivity index (χ1n) is 7.92. The van der Waals surface area contributed by atoms with Crippen LogP contribution in [0, 0.1) is 13.8 Å². The summed E-state index contributed by atoms with van der Waals surface area (Å²) in [6.07, 6.45) is 0. The number of fused-ring (bicyclic) bond motifs is 3. The van der Waals surface area contributed by atoms with Crippen LogP contribution in [0.15, 0.2) is 66.7 Å². The Bertz CT molecular complexity index is 926. The quantitative estimate of drug-likeness (QED) is 0.601. The van der Waals surface area contributed by atoms with Crippen LogP contribution in [0.5, 0.6) is 5.75 Å². The standard InChI is InChI=1S/C21H17O2P/c1-14-11-15(2)13-16(12-14)21(22)24-20-10-6-4-8-18(20)17-7-3-5-9-19(17)23-24/h3-13H,1-2H3. The molecule has 3 heteroatoms. The molecule has 0 saturated heterocycles. The molecule has 0 N–H and O–H groups in total. The van der Waals surface area contributed by atoms with E-state index in [-0.39, 0.29) is 5.52 Å². The molecule has 1 heterocycles. The Labute approximate surface area is 142 Å². The van der Waals surface area contributed by atoms with E-state index in [2.05, 4.69) is 12.1 Å². The van der Waals surface area contributed by atoms with E-state index in [0.717, 1.165) is 38.9 Å². The largest absolute Gasteiger partial charge is 0.460 e. The highest BCUT2D eigenvalue weighted by Gasteiger charge is 2.32. The number of hydrogen-bond acceptors (Lipinski definition) is 2. The Morgan fingerprint density at radius 2 is 1.46 bits per heavy atom. The molecule has 0 radical (unpaired) electrons. The second-order valence-corrected chi connectivity index (χ2v) is 7.74. The zero-order valence-electron chi connectivity index (χ0n) is 13.6. The highest BCUT2D eigenvalue weighted by molar-refractivity contribution is 7.78. The zero-order valence-corrected chi connectivity index (χ0v) is 14.5. The predicted molar refractivity (Wildman–Crippen MR) is 99.3 cm³/mol. The van der Waals surface area contributed by atoms with Crippen LogP contribution < -0.4 is 9.83 Å². The van der Waals surface area contributed by atoms with Crippen LogP contribution in [-0.4, -0.2) is 5.52 Å². The summed E-state index contributed by atoms with van der Waals surface area (Å²) in [5.74, 6) is 0.792. The van der Waals surface area contributed by atoms with Gasteiger partial charge in [0.1, 0.15) is 5.75 Å². The molecule has 118 valence electrons. The van der Waals surface area contributed by atoms with Crippen molar-refractivity contribution in [1.29, 1.82) is 0 Å². The third-order valence-corrected chi connectivity index (χ3v) is 5.98. The topological polar surface area (TPSA) is 26.3 Å². The van der Waals surface area contributed by atoms with Gasteiger partial charge >= 0.3 is 0 Å². The van der Waals surface area contributed by atoms with Crippen molar-refractivity contribution >= 4 is 19.0 Å². The number of aryl methyl sites for hydroxylation is 2. The SMILES string of the molecule is Cc1cc(C)cc(C(=O)P2Oc3ccccc3-c3ccccc32)c1. The second kappa shape index (κ2) is 5.89. The van der Waals surface area contributed by atoms with E-state index in [1.807, 2.05) is 68.4 Å². The first-order chi connectivity index (χ1) is 11.6. The lowest BCUT2D eigenvalue weighted by atomic mass is 10.0. The molecule has 1 unspecified atom stereocenters.